The third-order valence-corrected chi connectivity index (χ3v) is 3.60. The summed E-state index contributed by atoms with van der Waals surface area (Å²) in [5, 5.41) is 5.83. The predicted molar refractivity (Wildman–Crippen MR) is 54.1 cm³/mol. The molecule has 0 aromatic heterocycles. The Morgan fingerprint density at radius 3 is 2.58 bits per heavy atom. The molecule has 0 aromatic carbocycles. The fourth-order valence-corrected chi connectivity index (χ4v) is 2.27. The van der Waals surface area contributed by atoms with E-state index in [2.05, 4.69) is 36.6 Å². The molecule has 2 aliphatic rings. The summed E-state index contributed by atoms with van der Waals surface area (Å²) in [5.74, 6) is 0. The van der Waals surface area contributed by atoms with Gasteiger partial charge in [-0.05, 0) is 12.8 Å². The molecule has 2 amide bonds. The number of carbonyl (C=O) groups excluding carboxylic acids is 1. The molecule has 0 aliphatic carbocycles. The summed E-state index contributed by atoms with van der Waals surface area (Å²) in [6.45, 7) is 2.95. The van der Waals surface area contributed by atoms with Gasteiger partial charge in [0.25, 0.3) is 0 Å². The van der Waals surface area contributed by atoms with Crippen LogP contribution in [0.4, 0.5) is 4.79 Å². The van der Waals surface area contributed by atoms with Gasteiger partial charge in [-0.3, -0.25) is 0 Å². The first-order chi connectivity index (χ1) is 5.70. The molecule has 2 N–H and O–H groups in total. The Morgan fingerprint density at radius 1 is 1.42 bits per heavy atom. The second kappa shape index (κ2) is 3.02. The lowest BCUT2D eigenvalue weighted by Crippen LogP contribution is -2.50. The highest BCUT2D eigenvalue weighted by Gasteiger charge is 2.39. The normalized spacial score (nSPS) is 28.6. The minimum atomic E-state index is -0.00286. The minimum Gasteiger partial charge on any atom is -0.336 e. The third-order valence-electron chi connectivity index (χ3n) is 2.63. The number of rotatable bonds is 0. The van der Waals surface area contributed by atoms with Crippen molar-refractivity contribution >= 4 is 28.9 Å². The van der Waals surface area contributed by atoms with Crippen LogP contribution in [0.3, 0.4) is 0 Å². The molecule has 2 saturated heterocycles. The largest absolute Gasteiger partial charge is 0.336 e. The number of nitrogens with one attached hydrogen (secondary N) is 2. The van der Waals surface area contributed by atoms with E-state index in [0.29, 0.717) is 0 Å². The number of amides is 2. The Bertz CT molecular complexity index is 201. The standard InChI is InChI=1S/C7H12IN3O/c8-11-3-1-7(2-4-11)5-9-6(12)10-7/h1-5H2,(H2,9,10,12). The highest BCUT2D eigenvalue weighted by atomic mass is 127. The van der Waals surface area contributed by atoms with Gasteiger partial charge in [-0.2, -0.15) is 0 Å². The second-order valence-corrected chi connectivity index (χ2v) is 4.86. The fourth-order valence-electron chi connectivity index (χ4n) is 1.79. The monoisotopic (exact) mass is 281 g/mol. The van der Waals surface area contributed by atoms with Crippen molar-refractivity contribution in [1.29, 1.82) is 0 Å². The minimum absolute atomic E-state index is 0.00286. The molecule has 4 nitrogen and oxygen atoms in total. The molecule has 2 fully saturated rings. The van der Waals surface area contributed by atoms with Crippen molar-refractivity contribution in [2.24, 2.45) is 0 Å². The molecule has 0 radical (unpaired) electrons. The van der Waals surface area contributed by atoms with E-state index in [9.17, 15) is 4.79 Å². The van der Waals surface area contributed by atoms with Gasteiger partial charge in [0.2, 0.25) is 0 Å². The third kappa shape index (κ3) is 1.52. The second-order valence-electron chi connectivity index (χ2n) is 3.50. The average molecular weight is 281 g/mol. The SMILES string of the molecule is O=C1NCC2(CCN(I)CC2)N1. The zero-order valence-electron chi connectivity index (χ0n) is 6.77. The van der Waals surface area contributed by atoms with Crippen LogP contribution in [-0.2, 0) is 0 Å². The molecule has 0 unspecified atom stereocenters. The molecule has 2 rings (SSSR count). The van der Waals surface area contributed by atoms with E-state index >= 15 is 0 Å². The van der Waals surface area contributed by atoms with Crippen molar-refractivity contribution in [1.82, 2.24) is 13.7 Å². The molecular formula is C7H12IN3O. The van der Waals surface area contributed by atoms with Crippen molar-refractivity contribution in [3.05, 3.63) is 0 Å². The summed E-state index contributed by atoms with van der Waals surface area (Å²) in [4.78, 5) is 11.0. The molecule has 5 heteroatoms. The Labute approximate surface area is 85.6 Å². The van der Waals surface area contributed by atoms with Gasteiger partial charge in [0.05, 0.1) is 5.54 Å². The Kier molecular flexibility index (Phi) is 2.16. The summed E-state index contributed by atoms with van der Waals surface area (Å²) >= 11 is 2.33. The van der Waals surface area contributed by atoms with E-state index in [1.54, 1.807) is 0 Å². The van der Waals surface area contributed by atoms with E-state index in [1.807, 2.05) is 0 Å². The summed E-state index contributed by atoms with van der Waals surface area (Å²) < 4.78 is 2.27. The van der Waals surface area contributed by atoms with Gasteiger partial charge >= 0.3 is 6.03 Å². The van der Waals surface area contributed by atoms with Crippen LogP contribution in [0.25, 0.3) is 0 Å². The first-order valence-electron chi connectivity index (χ1n) is 4.17. The number of nitrogens with zero attached hydrogens (tertiary/aromatic N) is 1. The number of piperidine rings is 1. The summed E-state index contributed by atoms with van der Waals surface area (Å²) in [6, 6.07) is -0.00286. The Morgan fingerprint density at radius 2 is 2.08 bits per heavy atom. The van der Waals surface area contributed by atoms with Gasteiger partial charge in [-0.15, -0.1) is 0 Å². The lowest BCUT2D eigenvalue weighted by atomic mass is 9.90. The lowest BCUT2D eigenvalue weighted by Gasteiger charge is -2.35. The Hall–Kier alpha value is -0.0400. The molecule has 12 heavy (non-hydrogen) atoms. The zero-order valence-corrected chi connectivity index (χ0v) is 8.93. The molecule has 0 bridgehead atoms. The van der Waals surface area contributed by atoms with E-state index in [4.69, 9.17) is 0 Å². The van der Waals surface area contributed by atoms with Crippen molar-refractivity contribution in [2.45, 2.75) is 18.4 Å². The molecule has 0 aromatic rings. The summed E-state index contributed by atoms with van der Waals surface area (Å²) in [5.41, 5.74) is 0.0682. The summed E-state index contributed by atoms with van der Waals surface area (Å²) in [7, 11) is 0. The summed E-state index contributed by atoms with van der Waals surface area (Å²) in [6.07, 6.45) is 2.13. The van der Waals surface area contributed by atoms with Gasteiger partial charge < -0.3 is 10.6 Å². The molecule has 0 saturated carbocycles. The van der Waals surface area contributed by atoms with Gasteiger partial charge in [0, 0.05) is 42.5 Å². The van der Waals surface area contributed by atoms with Crippen molar-refractivity contribution in [3.8, 4) is 0 Å². The maximum Gasteiger partial charge on any atom is 0.315 e. The number of hydrogen-bond acceptors (Lipinski definition) is 2. The predicted octanol–water partition coefficient (Wildman–Crippen LogP) is 0.484. The highest BCUT2D eigenvalue weighted by Crippen LogP contribution is 2.25. The number of halogens is 1. The lowest BCUT2D eigenvalue weighted by molar-refractivity contribution is 0.228. The van der Waals surface area contributed by atoms with Crippen LogP contribution in [0, 0.1) is 0 Å². The quantitative estimate of drug-likeness (QED) is 0.501. The van der Waals surface area contributed by atoms with Crippen molar-refractivity contribution < 1.29 is 4.79 Å². The van der Waals surface area contributed by atoms with Crippen LogP contribution < -0.4 is 10.6 Å². The zero-order chi connectivity index (χ0) is 8.60. The molecule has 2 heterocycles. The van der Waals surface area contributed by atoms with Crippen LogP contribution in [0.15, 0.2) is 0 Å². The van der Waals surface area contributed by atoms with E-state index < -0.39 is 0 Å². The topological polar surface area (TPSA) is 44.4 Å². The molecule has 2 aliphatic heterocycles. The smallest absolute Gasteiger partial charge is 0.315 e. The molecule has 1 spiro atoms. The molecule has 0 atom stereocenters. The van der Waals surface area contributed by atoms with Crippen LogP contribution in [-0.4, -0.2) is 34.3 Å². The number of urea groups is 1. The van der Waals surface area contributed by atoms with E-state index in [-0.39, 0.29) is 11.6 Å². The maximum atomic E-state index is 11.0. The molecule has 68 valence electrons. The van der Waals surface area contributed by atoms with Crippen LogP contribution in [0.2, 0.25) is 0 Å². The van der Waals surface area contributed by atoms with E-state index in [1.165, 1.54) is 0 Å². The first kappa shape index (κ1) is 8.55. The Balaban J connectivity index is 1.99. The van der Waals surface area contributed by atoms with Gasteiger partial charge in [0.1, 0.15) is 0 Å². The van der Waals surface area contributed by atoms with Gasteiger partial charge in [-0.1, -0.05) is 0 Å². The number of hydrogen-bond donors (Lipinski definition) is 2. The fraction of sp³-hybridized carbons (Fsp3) is 0.857. The first-order valence-corrected chi connectivity index (χ1v) is 5.13. The average Bonchev–Trinajstić information content (AvgIpc) is 2.40. The van der Waals surface area contributed by atoms with E-state index in [0.717, 1.165) is 32.5 Å². The van der Waals surface area contributed by atoms with Crippen LogP contribution in [0.5, 0.6) is 0 Å². The van der Waals surface area contributed by atoms with Crippen LogP contribution >= 0.6 is 22.9 Å². The van der Waals surface area contributed by atoms with Gasteiger partial charge in [0.15, 0.2) is 0 Å². The van der Waals surface area contributed by atoms with Crippen LogP contribution in [0.1, 0.15) is 12.8 Å². The number of carbonyl (C=O) groups is 1. The molecular weight excluding hydrogens is 269 g/mol. The van der Waals surface area contributed by atoms with Crippen molar-refractivity contribution in [3.63, 3.8) is 0 Å². The highest BCUT2D eigenvalue weighted by molar-refractivity contribution is 14.1. The van der Waals surface area contributed by atoms with Gasteiger partial charge in [-0.25, -0.2) is 7.91 Å². The maximum absolute atomic E-state index is 11.0. The van der Waals surface area contributed by atoms with Crippen molar-refractivity contribution in [2.75, 3.05) is 19.6 Å².